The smallest absolute Gasteiger partial charge is 0.263 e. The first-order valence-electron chi connectivity index (χ1n) is 9.20. The van der Waals surface area contributed by atoms with E-state index in [1.54, 1.807) is 0 Å². The lowest BCUT2D eigenvalue weighted by Gasteiger charge is -2.19. The lowest BCUT2D eigenvalue weighted by molar-refractivity contribution is 0.0941. The second-order valence-electron chi connectivity index (χ2n) is 6.87. The molecule has 140 valence electrons. The molecule has 28 heavy (non-hydrogen) atoms. The van der Waals surface area contributed by atoms with Gasteiger partial charge in [0.05, 0.1) is 11.1 Å². The van der Waals surface area contributed by atoms with Crippen LogP contribution in [0, 0.1) is 6.92 Å². The molecule has 4 heteroatoms. The Morgan fingerprint density at radius 2 is 1.64 bits per heavy atom. The molecule has 0 saturated carbocycles. The van der Waals surface area contributed by atoms with E-state index >= 15 is 0 Å². The molecule has 0 bridgehead atoms. The average molecular weight is 406 g/mol. The Hall–Kier alpha value is -2.62. The largest absolute Gasteiger partial charge is 0.344 e. The lowest BCUT2D eigenvalue weighted by Crippen LogP contribution is -2.29. The first kappa shape index (κ1) is 18.7. The van der Waals surface area contributed by atoms with Crippen molar-refractivity contribution in [2.24, 2.45) is 0 Å². The third-order valence-corrected chi connectivity index (χ3v) is 6.48. The van der Waals surface area contributed by atoms with Crippen LogP contribution in [0.15, 0.2) is 78.9 Å². The Bertz CT molecular complexity index is 1100. The summed E-state index contributed by atoms with van der Waals surface area (Å²) in [5, 5.41) is 4.65. The summed E-state index contributed by atoms with van der Waals surface area (Å²) in [5.74, 6) is -0.132. The van der Waals surface area contributed by atoms with Gasteiger partial charge in [0.15, 0.2) is 0 Å². The maximum atomic E-state index is 13.1. The van der Waals surface area contributed by atoms with E-state index in [4.69, 9.17) is 11.6 Å². The van der Waals surface area contributed by atoms with Crippen molar-refractivity contribution >= 4 is 38.9 Å². The van der Waals surface area contributed by atoms with E-state index < -0.39 is 0 Å². The van der Waals surface area contributed by atoms with Crippen molar-refractivity contribution in [1.29, 1.82) is 0 Å². The van der Waals surface area contributed by atoms with Crippen molar-refractivity contribution in [2.45, 2.75) is 19.4 Å². The van der Waals surface area contributed by atoms with Gasteiger partial charge >= 0.3 is 0 Å². The summed E-state index contributed by atoms with van der Waals surface area (Å²) in [6, 6.07) is 26.2. The highest BCUT2D eigenvalue weighted by Gasteiger charge is 2.21. The Labute approximate surface area is 173 Å². The predicted molar refractivity (Wildman–Crippen MR) is 118 cm³/mol. The van der Waals surface area contributed by atoms with Crippen molar-refractivity contribution in [2.75, 3.05) is 0 Å². The molecule has 4 aromatic rings. The van der Waals surface area contributed by atoms with Crippen LogP contribution in [0.25, 0.3) is 10.1 Å². The Balaban J connectivity index is 1.63. The van der Waals surface area contributed by atoms with Crippen LogP contribution < -0.4 is 5.32 Å². The number of carbonyl (C=O) groups excluding carboxylic acids is 1. The number of halogens is 1. The topological polar surface area (TPSA) is 29.1 Å². The average Bonchev–Trinajstić information content (AvgIpc) is 3.07. The Morgan fingerprint density at radius 1 is 0.964 bits per heavy atom. The summed E-state index contributed by atoms with van der Waals surface area (Å²) in [6.07, 6.45) is 0.721. The van der Waals surface area contributed by atoms with Crippen LogP contribution in [-0.4, -0.2) is 5.91 Å². The Kier molecular flexibility index (Phi) is 5.47. The van der Waals surface area contributed by atoms with Crippen LogP contribution in [0.5, 0.6) is 0 Å². The molecule has 2 nitrogen and oxygen atoms in total. The molecule has 0 aliphatic heterocycles. The highest BCUT2D eigenvalue weighted by Crippen LogP contribution is 2.35. The van der Waals surface area contributed by atoms with Gasteiger partial charge in [-0.3, -0.25) is 4.79 Å². The summed E-state index contributed by atoms with van der Waals surface area (Å²) < 4.78 is 1.02. The molecule has 1 unspecified atom stereocenters. The van der Waals surface area contributed by atoms with Crippen LogP contribution in [0.2, 0.25) is 5.02 Å². The van der Waals surface area contributed by atoms with Gasteiger partial charge in [-0.2, -0.15) is 0 Å². The molecule has 1 amide bonds. The molecular weight excluding hydrogens is 386 g/mol. The standard InChI is InChI=1S/C24H20ClNOS/c1-16-11-13-17(14-12-16)15-20(18-7-3-2-4-8-18)26-24(27)23-22(25)19-9-5-6-10-21(19)28-23/h2-14,20H,15H2,1H3,(H,26,27). The number of fused-ring (bicyclic) bond motifs is 1. The van der Waals surface area contributed by atoms with Gasteiger partial charge < -0.3 is 5.32 Å². The number of thiophene rings is 1. The van der Waals surface area contributed by atoms with Crippen molar-refractivity contribution in [3.8, 4) is 0 Å². The molecule has 0 aliphatic carbocycles. The van der Waals surface area contributed by atoms with Gasteiger partial charge in [0.1, 0.15) is 4.88 Å². The van der Waals surface area contributed by atoms with Crippen LogP contribution in [0.3, 0.4) is 0 Å². The van der Waals surface area contributed by atoms with E-state index in [9.17, 15) is 4.79 Å². The molecule has 0 fully saturated rings. The number of carbonyl (C=O) groups is 1. The highest BCUT2D eigenvalue weighted by atomic mass is 35.5. The molecule has 1 atom stereocenters. The fourth-order valence-electron chi connectivity index (χ4n) is 3.28. The second kappa shape index (κ2) is 8.17. The molecule has 0 radical (unpaired) electrons. The zero-order chi connectivity index (χ0) is 19.5. The van der Waals surface area contributed by atoms with Gasteiger partial charge in [-0.25, -0.2) is 0 Å². The maximum Gasteiger partial charge on any atom is 0.263 e. The van der Waals surface area contributed by atoms with Crippen LogP contribution in [-0.2, 0) is 6.42 Å². The van der Waals surface area contributed by atoms with E-state index in [0.29, 0.717) is 9.90 Å². The molecular formula is C24H20ClNOS. The van der Waals surface area contributed by atoms with Crippen molar-refractivity contribution < 1.29 is 4.79 Å². The number of benzene rings is 3. The van der Waals surface area contributed by atoms with Crippen LogP contribution >= 0.6 is 22.9 Å². The summed E-state index contributed by atoms with van der Waals surface area (Å²) >= 11 is 7.94. The predicted octanol–water partition coefficient (Wildman–Crippen LogP) is 6.58. The SMILES string of the molecule is Cc1ccc(CC(NC(=O)c2sc3ccccc3c2Cl)c2ccccc2)cc1. The molecule has 3 aromatic carbocycles. The van der Waals surface area contributed by atoms with Crippen LogP contribution in [0.4, 0.5) is 0 Å². The van der Waals surface area contributed by atoms with Gasteiger partial charge in [0, 0.05) is 10.1 Å². The number of hydrogen-bond acceptors (Lipinski definition) is 2. The third-order valence-electron chi connectivity index (χ3n) is 4.81. The molecule has 1 N–H and O–H groups in total. The van der Waals surface area contributed by atoms with Gasteiger partial charge in [-0.15, -0.1) is 11.3 Å². The van der Waals surface area contributed by atoms with Crippen molar-refractivity contribution in [3.63, 3.8) is 0 Å². The van der Waals surface area contributed by atoms with E-state index in [-0.39, 0.29) is 11.9 Å². The monoisotopic (exact) mass is 405 g/mol. The van der Waals surface area contributed by atoms with Gasteiger partial charge in [-0.1, -0.05) is 90.0 Å². The summed E-state index contributed by atoms with van der Waals surface area (Å²) in [4.78, 5) is 13.6. The number of aryl methyl sites for hydroxylation is 1. The zero-order valence-corrected chi connectivity index (χ0v) is 17.1. The van der Waals surface area contributed by atoms with Crippen molar-refractivity contribution in [1.82, 2.24) is 5.32 Å². The first-order chi connectivity index (χ1) is 13.6. The zero-order valence-electron chi connectivity index (χ0n) is 15.5. The summed E-state index contributed by atoms with van der Waals surface area (Å²) in [7, 11) is 0. The van der Waals surface area contributed by atoms with Gasteiger partial charge in [-0.05, 0) is 30.5 Å². The minimum atomic E-state index is -0.132. The molecule has 4 rings (SSSR count). The molecule has 1 heterocycles. The fourth-order valence-corrected chi connectivity index (χ4v) is 4.70. The van der Waals surface area contributed by atoms with E-state index in [1.165, 1.54) is 22.5 Å². The van der Waals surface area contributed by atoms with E-state index in [1.807, 2.05) is 54.6 Å². The quantitative estimate of drug-likeness (QED) is 0.399. The molecule has 0 saturated heterocycles. The summed E-state index contributed by atoms with van der Waals surface area (Å²) in [5.41, 5.74) is 3.48. The molecule has 0 spiro atoms. The van der Waals surface area contributed by atoms with E-state index in [2.05, 4.69) is 36.5 Å². The second-order valence-corrected chi connectivity index (χ2v) is 8.30. The lowest BCUT2D eigenvalue weighted by atomic mass is 9.98. The number of nitrogens with one attached hydrogen (secondary N) is 1. The van der Waals surface area contributed by atoms with Crippen LogP contribution in [0.1, 0.15) is 32.4 Å². The minimum absolute atomic E-state index is 0.127. The minimum Gasteiger partial charge on any atom is -0.344 e. The first-order valence-corrected chi connectivity index (χ1v) is 10.4. The number of rotatable bonds is 5. The third kappa shape index (κ3) is 3.96. The maximum absolute atomic E-state index is 13.1. The highest BCUT2D eigenvalue weighted by molar-refractivity contribution is 7.21. The fraction of sp³-hybridized carbons (Fsp3) is 0.125. The normalized spacial score (nSPS) is 12.1. The molecule has 0 aliphatic rings. The van der Waals surface area contributed by atoms with E-state index in [0.717, 1.165) is 22.1 Å². The van der Waals surface area contributed by atoms with Gasteiger partial charge in [0.2, 0.25) is 0 Å². The number of hydrogen-bond donors (Lipinski definition) is 1. The summed E-state index contributed by atoms with van der Waals surface area (Å²) in [6.45, 7) is 2.07. The molecule has 1 aromatic heterocycles. The van der Waals surface area contributed by atoms with Crippen molar-refractivity contribution in [3.05, 3.63) is 105 Å². The number of amides is 1. The van der Waals surface area contributed by atoms with Gasteiger partial charge in [0.25, 0.3) is 5.91 Å². The Morgan fingerprint density at radius 3 is 2.36 bits per heavy atom.